The molecule has 26 heavy (non-hydrogen) atoms. The van der Waals surface area contributed by atoms with Gasteiger partial charge in [0.15, 0.2) is 0 Å². The number of fused-ring (bicyclic) bond motifs is 1. The smallest absolute Gasteiger partial charge is 0.273 e. The van der Waals surface area contributed by atoms with E-state index in [4.69, 9.17) is 11.6 Å². The van der Waals surface area contributed by atoms with Crippen molar-refractivity contribution in [3.63, 3.8) is 0 Å². The van der Waals surface area contributed by atoms with Gasteiger partial charge in [0, 0.05) is 38.8 Å². The van der Waals surface area contributed by atoms with E-state index in [2.05, 4.69) is 77.7 Å². The second-order valence-electron chi connectivity index (χ2n) is 6.62. The lowest BCUT2D eigenvalue weighted by Gasteiger charge is -2.16. The number of benzene rings is 2. The second-order valence-corrected chi connectivity index (χ2v) is 7.05. The van der Waals surface area contributed by atoms with Gasteiger partial charge in [-0.15, -0.1) is 0 Å². The maximum atomic E-state index is 6.12. The van der Waals surface area contributed by atoms with Gasteiger partial charge in [0.25, 0.3) is 5.82 Å². The summed E-state index contributed by atoms with van der Waals surface area (Å²) in [5.41, 5.74) is 5.92. The molecule has 2 heterocycles. The van der Waals surface area contributed by atoms with Crippen molar-refractivity contribution in [3.05, 3.63) is 94.3 Å². The fourth-order valence-electron chi connectivity index (χ4n) is 3.47. The normalized spacial score (nSPS) is 12.3. The van der Waals surface area contributed by atoms with Crippen molar-refractivity contribution >= 4 is 28.3 Å². The molecular weight excluding hydrogens is 342 g/mol. The van der Waals surface area contributed by atoms with Crippen LogP contribution in [0.4, 0.5) is 5.82 Å². The summed E-state index contributed by atoms with van der Waals surface area (Å²) in [6.45, 7) is 4.22. The Morgan fingerprint density at radius 2 is 1.77 bits per heavy atom. The molecule has 4 aromatic rings. The van der Waals surface area contributed by atoms with Crippen LogP contribution in [0.25, 0.3) is 10.9 Å². The first-order valence-corrected chi connectivity index (χ1v) is 9.07. The molecule has 1 atom stereocenters. The monoisotopic (exact) mass is 362 g/mol. The second kappa shape index (κ2) is 6.85. The van der Waals surface area contributed by atoms with E-state index in [1.807, 2.05) is 18.3 Å². The van der Waals surface area contributed by atoms with E-state index in [0.717, 1.165) is 27.6 Å². The number of hydrogen-bond donors (Lipinski definition) is 2. The molecule has 3 N–H and O–H groups in total. The summed E-state index contributed by atoms with van der Waals surface area (Å²) in [6.07, 6.45) is 1.96. The number of H-pyrrole nitrogens is 2. The minimum absolute atomic E-state index is 0.00136. The molecule has 0 radical (unpaired) electrons. The summed E-state index contributed by atoms with van der Waals surface area (Å²) in [5.74, 6) is 0.981. The van der Waals surface area contributed by atoms with Crippen molar-refractivity contribution in [1.82, 2.24) is 4.98 Å². The van der Waals surface area contributed by atoms with Crippen molar-refractivity contribution in [2.24, 2.45) is 0 Å². The van der Waals surface area contributed by atoms with Crippen LogP contribution in [-0.2, 0) is 0 Å². The molecule has 0 aliphatic carbocycles. The molecule has 4 rings (SSSR count). The van der Waals surface area contributed by atoms with Crippen LogP contribution in [0.15, 0.2) is 66.9 Å². The predicted octanol–water partition coefficient (Wildman–Crippen LogP) is 5.45. The molecule has 3 nitrogen and oxygen atoms in total. The highest BCUT2D eigenvalue weighted by atomic mass is 35.5. The van der Waals surface area contributed by atoms with Crippen LogP contribution in [0.1, 0.15) is 28.4 Å². The number of aromatic amines is 2. The van der Waals surface area contributed by atoms with Gasteiger partial charge in [-0.1, -0.05) is 41.9 Å². The number of anilines is 1. The summed E-state index contributed by atoms with van der Waals surface area (Å²) in [4.78, 5) is 6.81. The summed E-state index contributed by atoms with van der Waals surface area (Å²) < 4.78 is 0. The minimum atomic E-state index is 0.00136. The van der Waals surface area contributed by atoms with Crippen molar-refractivity contribution in [3.8, 4) is 0 Å². The van der Waals surface area contributed by atoms with E-state index in [0.29, 0.717) is 0 Å². The highest BCUT2D eigenvalue weighted by Crippen LogP contribution is 2.34. The van der Waals surface area contributed by atoms with Gasteiger partial charge in [-0.2, -0.15) is 0 Å². The molecule has 4 heteroatoms. The molecule has 0 bridgehead atoms. The van der Waals surface area contributed by atoms with E-state index in [9.17, 15) is 0 Å². The lowest BCUT2D eigenvalue weighted by Crippen LogP contribution is -2.19. The summed E-state index contributed by atoms with van der Waals surface area (Å²) in [6, 6.07) is 20.6. The van der Waals surface area contributed by atoms with E-state index >= 15 is 0 Å². The number of para-hydroxylation sites is 1. The van der Waals surface area contributed by atoms with Gasteiger partial charge in [-0.3, -0.25) is 5.32 Å². The van der Waals surface area contributed by atoms with Crippen LogP contribution in [-0.4, -0.2) is 4.98 Å². The van der Waals surface area contributed by atoms with Gasteiger partial charge in [-0.05, 0) is 43.7 Å². The van der Waals surface area contributed by atoms with Crippen LogP contribution in [0.5, 0.6) is 0 Å². The van der Waals surface area contributed by atoms with Crippen molar-refractivity contribution < 1.29 is 4.98 Å². The SMILES string of the molecule is Cc1cc[nH+]c(N[C@H](c2ccc(Cl)cc2)c2c(C)[nH]c3ccccc23)c1. The largest absolute Gasteiger partial charge is 0.358 e. The van der Waals surface area contributed by atoms with E-state index < -0.39 is 0 Å². The average molecular weight is 363 g/mol. The Bertz CT molecular complexity index is 1050. The standard InChI is InChI=1S/C22H20ClN3/c1-14-11-12-24-20(13-14)26-22(16-7-9-17(23)10-8-16)21-15(2)25-19-6-4-3-5-18(19)21/h3-13,22,25H,1-2H3,(H,24,26)/p+1/t22-/m1/s1. The molecule has 0 unspecified atom stereocenters. The number of pyridine rings is 1. The van der Waals surface area contributed by atoms with Crippen molar-refractivity contribution in [1.29, 1.82) is 0 Å². The number of aryl methyl sites for hydroxylation is 2. The van der Waals surface area contributed by atoms with Gasteiger partial charge >= 0.3 is 0 Å². The van der Waals surface area contributed by atoms with Gasteiger partial charge < -0.3 is 4.98 Å². The zero-order valence-corrected chi connectivity index (χ0v) is 15.6. The lowest BCUT2D eigenvalue weighted by molar-refractivity contribution is -0.361. The average Bonchev–Trinajstić information content (AvgIpc) is 2.96. The van der Waals surface area contributed by atoms with Gasteiger partial charge in [0.05, 0.1) is 6.20 Å². The Labute approximate surface area is 158 Å². The first-order chi connectivity index (χ1) is 12.6. The third kappa shape index (κ3) is 3.18. The number of rotatable bonds is 4. The predicted molar refractivity (Wildman–Crippen MR) is 108 cm³/mol. The molecule has 0 saturated heterocycles. The fourth-order valence-corrected chi connectivity index (χ4v) is 3.59. The van der Waals surface area contributed by atoms with Crippen molar-refractivity contribution in [2.75, 3.05) is 5.32 Å². The lowest BCUT2D eigenvalue weighted by atomic mass is 9.96. The van der Waals surface area contributed by atoms with Crippen LogP contribution < -0.4 is 10.3 Å². The Hall–Kier alpha value is -2.78. The quantitative estimate of drug-likeness (QED) is 0.497. The molecule has 2 aromatic carbocycles. The molecule has 0 saturated carbocycles. The highest BCUT2D eigenvalue weighted by molar-refractivity contribution is 6.30. The number of aromatic nitrogens is 2. The fraction of sp³-hybridized carbons (Fsp3) is 0.136. The van der Waals surface area contributed by atoms with E-state index in [1.54, 1.807) is 0 Å². The first-order valence-electron chi connectivity index (χ1n) is 8.69. The summed E-state index contributed by atoms with van der Waals surface area (Å²) in [7, 11) is 0. The van der Waals surface area contributed by atoms with Crippen LogP contribution in [0.2, 0.25) is 5.02 Å². The number of halogens is 1. The zero-order chi connectivity index (χ0) is 18.1. The molecule has 0 fully saturated rings. The van der Waals surface area contributed by atoms with Gasteiger partial charge in [-0.25, -0.2) is 4.98 Å². The van der Waals surface area contributed by atoms with Crippen molar-refractivity contribution in [2.45, 2.75) is 19.9 Å². The third-order valence-corrected chi connectivity index (χ3v) is 4.94. The van der Waals surface area contributed by atoms with E-state index in [1.165, 1.54) is 16.5 Å². The molecular formula is C22H21ClN3+. The Balaban J connectivity index is 1.87. The Kier molecular flexibility index (Phi) is 4.39. The maximum absolute atomic E-state index is 6.12. The first kappa shape index (κ1) is 16.7. The topological polar surface area (TPSA) is 42.0 Å². The molecule has 0 amide bonds. The molecule has 0 aliphatic heterocycles. The highest BCUT2D eigenvalue weighted by Gasteiger charge is 2.25. The molecule has 0 aliphatic rings. The summed E-state index contributed by atoms with van der Waals surface area (Å²) in [5, 5.41) is 5.64. The van der Waals surface area contributed by atoms with Gasteiger partial charge in [0.1, 0.15) is 6.04 Å². The molecule has 0 spiro atoms. The Morgan fingerprint density at radius 3 is 2.54 bits per heavy atom. The Morgan fingerprint density at radius 1 is 1.00 bits per heavy atom. The molecule has 2 aromatic heterocycles. The van der Waals surface area contributed by atoms with Crippen LogP contribution in [0.3, 0.4) is 0 Å². The van der Waals surface area contributed by atoms with Gasteiger partial charge in [0.2, 0.25) is 0 Å². The maximum Gasteiger partial charge on any atom is 0.273 e. The van der Waals surface area contributed by atoms with Crippen LogP contribution >= 0.6 is 11.6 Å². The number of nitrogens with one attached hydrogen (secondary N) is 3. The zero-order valence-electron chi connectivity index (χ0n) is 14.8. The summed E-state index contributed by atoms with van der Waals surface area (Å²) >= 11 is 6.12. The van der Waals surface area contributed by atoms with E-state index in [-0.39, 0.29) is 6.04 Å². The third-order valence-electron chi connectivity index (χ3n) is 4.69. The number of hydrogen-bond acceptors (Lipinski definition) is 1. The van der Waals surface area contributed by atoms with Crippen LogP contribution in [0, 0.1) is 13.8 Å². The molecule has 130 valence electrons. The minimum Gasteiger partial charge on any atom is -0.358 e.